The van der Waals surface area contributed by atoms with Crippen molar-refractivity contribution in [2.45, 2.75) is 13.8 Å². The summed E-state index contributed by atoms with van der Waals surface area (Å²) in [4.78, 5) is 23.7. The lowest BCUT2D eigenvalue weighted by Crippen LogP contribution is -2.32. The Hall–Kier alpha value is -2.33. The Morgan fingerprint density at radius 3 is 2.36 bits per heavy atom. The van der Waals surface area contributed by atoms with Gasteiger partial charge in [-0.25, -0.2) is 0 Å². The first-order valence-electron chi connectivity index (χ1n) is 6.86. The van der Waals surface area contributed by atoms with Crippen LogP contribution in [0.15, 0.2) is 42.5 Å². The van der Waals surface area contributed by atoms with E-state index in [4.69, 9.17) is 11.6 Å². The van der Waals surface area contributed by atoms with Crippen molar-refractivity contribution >= 4 is 29.1 Å². The molecule has 0 aromatic heterocycles. The first-order valence-corrected chi connectivity index (χ1v) is 7.24. The van der Waals surface area contributed by atoms with E-state index in [2.05, 4.69) is 10.6 Å². The second-order valence-corrected chi connectivity index (χ2v) is 5.47. The molecule has 0 saturated carbocycles. The predicted octanol–water partition coefficient (Wildman–Crippen LogP) is 3.33. The van der Waals surface area contributed by atoms with E-state index in [0.717, 1.165) is 11.1 Å². The summed E-state index contributed by atoms with van der Waals surface area (Å²) in [6.07, 6.45) is 0. The second-order valence-electron chi connectivity index (χ2n) is 5.06. The molecule has 0 spiro atoms. The van der Waals surface area contributed by atoms with Gasteiger partial charge in [-0.2, -0.15) is 0 Å². The molecule has 2 amide bonds. The van der Waals surface area contributed by atoms with Crippen molar-refractivity contribution in [2.75, 3.05) is 11.9 Å². The Kier molecular flexibility index (Phi) is 5.17. The number of hydrogen-bond donors (Lipinski definition) is 2. The van der Waals surface area contributed by atoms with Crippen molar-refractivity contribution in [3.05, 3.63) is 64.2 Å². The summed E-state index contributed by atoms with van der Waals surface area (Å²) < 4.78 is 0. The molecular formula is C17H17ClN2O2. The SMILES string of the molecule is Cc1ccc(C(=O)NCC(=O)Nc2ccc(C)c(Cl)c2)cc1. The van der Waals surface area contributed by atoms with Gasteiger partial charge in [-0.05, 0) is 43.7 Å². The number of carbonyl (C=O) groups excluding carboxylic acids is 2. The predicted molar refractivity (Wildman–Crippen MR) is 88.3 cm³/mol. The molecule has 5 heteroatoms. The van der Waals surface area contributed by atoms with E-state index in [1.54, 1.807) is 24.3 Å². The minimum Gasteiger partial charge on any atom is -0.343 e. The van der Waals surface area contributed by atoms with E-state index in [9.17, 15) is 9.59 Å². The molecule has 0 heterocycles. The third-order valence-corrected chi connectivity index (χ3v) is 3.59. The summed E-state index contributed by atoms with van der Waals surface area (Å²) in [7, 11) is 0. The van der Waals surface area contributed by atoms with Crippen molar-refractivity contribution in [3.63, 3.8) is 0 Å². The normalized spacial score (nSPS) is 10.1. The molecule has 0 unspecified atom stereocenters. The van der Waals surface area contributed by atoms with Gasteiger partial charge in [-0.15, -0.1) is 0 Å². The number of rotatable bonds is 4. The van der Waals surface area contributed by atoms with Crippen LogP contribution in [0, 0.1) is 13.8 Å². The maximum atomic E-state index is 11.9. The van der Waals surface area contributed by atoms with Crippen LogP contribution in [-0.2, 0) is 4.79 Å². The van der Waals surface area contributed by atoms with Gasteiger partial charge in [0.15, 0.2) is 0 Å². The van der Waals surface area contributed by atoms with Crippen molar-refractivity contribution in [2.24, 2.45) is 0 Å². The van der Waals surface area contributed by atoms with Crippen molar-refractivity contribution in [3.8, 4) is 0 Å². The zero-order valence-electron chi connectivity index (χ0n) is 12.4. The lowest BCUT2D eigenvalue weighted by Gasteiger charge is -2.08. The van der Waals surface area contributed by atoms with E-state index >= 15 is 0 Å². The molecule has 22 heavy (non-hydrogen) atoms. The number of anilines is 1. The lowest BCUT2D eigenvalue weighted by molar-refractivity contribution is -0.115. The number of carbonyl (C=O) groups is 2. The number of aryl methyl sites for hydroxylation is 2. The fourth-order valence-electron chi connectivity index (χ4n) is 1.84. The lowest BCUT2D eigenvalue weighted by atomic mass is 10.1. The molecule has 114 valence electrons. The zero-order chi connectivity index (χ0) is 16.1. The van der Waals surface area contributed by atoms with Crippen molar-refractivity contribution in [1.29, 1.82) is 0 Å². The van der Waals surface area contributed by atoms with Crippen LogP contribution in [0.1, 0.15) is 21.5 Å². The fourth-order valence-corrected chi connectivity index (χ4v) is 2.02. The van der Waals surface area contributed by atoms with Crippen LogP contribution in [-0.4, -0.2) is 18.4 Å². The smallest absolute Gasteiger partial charge is 0.251 e. The van der Waals surface area contributed by atoms with Gasteiger partial charge in [0.25, 0.3) is 5.91 Å². The van der Waals surface area contributed by atoms with Gasteiger partial charge in [-0.1, -0.05) is 35.4 Å². The molecule has 0 saturated heterocycles. The summed E-state index contributed by atoms with van der Waals surface area (Å²) in [5.41, 5.74) is 3.14. The third-order valence-electron chi connectivity index (χ3n) is 3.18. The van der Waals surface area contributed by atoms with Crippen LogP contribution in [0.4, 0.5) is 5.69 Å². The number of amides is 2. The second kappa shape index (κ2) is 7.09. The van der Waals surface area contributed by atoms with Crippen LogP contribution in [0.25, 0.3) is 0 Å². The molecular weight excluding hydrogens is 300 g/mol. The van der Waals surface area contributed by atoms with Crippen LogP contribution < -0.4 is 10.6 Å². The Labute approximate surface area is 134 Å². The number of hydrogen-bond acceptors (Lipinski definition) is 2. The highest BCUT2D eigenvalue weighted by Gasteiger charge is 2.08. The summed E-state index contributed by atoms with van der Waals surface area (Å²) in [6, 6.07) is 12.4. The molecule has 0 atom stereocenters. The molecule has 0 aliphatic heterocycles. The first kappa shape index (κ1) is 16.0. The van der Waals surface area contributed by atoms with Crippen LogP contribution in [0.2, 0.25) is 5.02 Å². The highest BCUT2D eigenvalue weighted by molar-refractivity contribution is 6.31. The molecule has 0 fully saturated rings. The van der Waals surface area contributed by atoms with Gasteiger partial charge in [0.05, 0.1) is 6.54 Å². The van der Waals surface area contributed by atoms with Gasteiger partial charge < -0.3 is 10.6 Å². The monoisotopic (exact) mass is 316 g/mol. The van der Waals surface area contributed by atoms with Gasteiger partial charge >= 0.3 is 0 Å². The van der Waals surface area contributed by atoms with E-state index in [1.165, 1.54) is 0 Å². The minimum atomic E-state index is -0.305. The molecule has 0 radical (unpaired) electrons. The number of benzene rings is 2. The Balaban J connectivity index is 1.88. The highest BCUT2D eigenvalue weighted by Crippen LogP contribution is 2.19. The average molecular weight is 317 g/mol. The summed E-state index contributed by atoms with van der Waals surface area (Å²) in [6.45, 7) is 3.73. The van der Waals surface area contributed by atoms with Crippen LogP contribution >= 0.6 is 11.6 Å². The molecule has 2 N–H and O–H groups in total. The topological polar surface area (TPSA) is 58.2 Å². The maximum absolute atomic E-state index is 11.9. The molecule has 0 aliphatic rings. The van der Waals surface area contributed by atoms with E-state index in [1.807, 2.05) is 32.0 Å². The largest absolute Gasteiger partial charge is 0.343 e. The van der Waals surface area contributed by atoms with Crippen molar-refractivity contribution in [1.82, 2.24) is 5.32 Å². The summed E-state index contributed by atoms with van der Waals surface area (Å²) >= 11 is 6.00. The molecule has 2 rings (SSSR count). The summed E-state index contributed by atoms with van der Waals surface area (Å²) in [5.74, 6) is -0.586. The number of nitrogens with one attached hydrogen (secondary N) is 2. The minimum absolute atomic E-state index is 0.0990. The molecule has 2 aromatic rings. The first-order chi connectivity index (χ1) is 10.5. The molecule has 2 aromatic carbocycles. The molecule has 0 aliphatic carbocycles. The Morgan fingerprint density at radius 1 is 1.05 bits per heavy atom. The average Bonchev–Trinajstić information content (AvgIpc) is 2.49. The van der Waals surface area contributed by atoms with Gasteiger partial charge in [-0.3, -0.25) is 9.59 Å². The van der Waals surface area contributed by atoms with E-state index in [-0.39, 0.29) is 18.4 Å². The summed E-state index contributed by atoms with van der Waals surface area (Å²) in [5, 5.41) is 5.85. The number of halogens is 1. The Bertz CT molecular complexity index is 696. The van der Waals surface area contributed by atoms with E-state index in [0.29, 0.717) is 16.3 Å². The quantitative estimate of drug-likeness (QED) is 0.909. The van der Waals surface area contributed by atoms with Gasteiger partial charge in [0, 0.05) is 16.3 Å². The molecule has 0 bridgehead atoms. The van der Waals surface area contributed by atoms with Crippen LogP contribution in [0.5, 0.6) is 0 Å². The van der Waals surface area contributed by atoms with Crippen LogP contribution in [0.3, 0.4) is 0 Å². The van der Waals surface area contributed by atoms with Crippen molar-refractivity contribution < 1.29 is 9.59 Å². The van der Waals surface area contributed by atoms with Gasteiger partial charge in [0.1, 0.15) is 0 Å². The van der Waals surface area contributed by atoms with E-state index < -0.39 is 0 Å². The third kappa shape index (κ3) is 4.33. The zero-order valence-corrected chi connectivity index (χ0v) is 13.2. The Morgan fingerprint density at radius 2 is 1.73 bits per heavy atom. The highest BCUT2D eigenvalue weighted by atomic mass is 35.5. The molecule has 4 nitrogen and oxygen atoms in total. The standard InChI is InChI=1S/C17H17ClN2O2/c1-11-3-6-13(7-4-11)17(22)19-10-16(21)20-14-8-5-12(2)15(18)9-14/h3-9H,10H2,1-2H3,(H,19,22)(H,20,21). The fraction of sp³-hybridized carbons (Fsp3) is 0.176. The maximum Gasteiger partial charge on any atom is 0.251 e. The van der Waals surface area contributed by atoms with Gasteiger partial charge in [0.2, 0.25) is 5.91 Å².